The highest BCUT2D eigenvalue weighted by molar-refractivity contribution is 7.00. The first-order valence-corrected chi connectivity index (χ1v) is 26.6. The third-order valence-corrected chi connectivity index (χ3v) is 17.9. The quantitative estimate of drug-likeness (QED) is 0.174. The Kier molecular flexibility index (Phi) is 9.96. The Morgan fingerprint density at radius 2 is 1.13 bits per heavy atom. The number of nitrogens with one attached hydrogen (secondary N) is 1. The van der Waals surface area contributed by atoms with Crippen LogP contribution in [0.5, 0.6) is 0 Å². The van der Waals surface area contributed by atoms with Crippen LogP contribution < -0.4 is 31.5 Å². The molecule has 71 heavy (non-hydrogen) atoms. The second-order valence-electron chi connectivity index (χ2n) is 25.8. The van der Waals surface area contributed by atoms with Gasteiger partial charge in [0.1, 0.15) is 11.2 Å². The van der Waals surface area contributed by atoms with Crippen molar-refractivity contribution in [3.8, 4) is 11.1 Å². The normalized spacial score (nSPS) is 18.0. The van der Waals surface area contributed by atoms with Gasteiger partial charge in [-0.15, -0.1) is 0 Å². The van der Waals surface area contributed by atoms with E-state index in [-0.39, 0.29) is 33.8 Å². The van der Waals surface area contributed by atoms with Crippen molar-refractivity contribution in [3.05, 3.63) is 155 Å². The van der Waals surface area contributed by atoms with Crippen molar-refractivity contribution in [3.63, 3.8) is 0 Å². The van der Waals surface area contributed by atoms with Gasteiger partial charge in [0, 0.05) is 63.6 Å². The molecule has 8 aromatic rings. The second-order valence-corrected chi connectivity index (χ2v) is 25.8. The molecule has 360 valence electrons. The lowest BCUT2D eigenvalue weighted by molar-refractivity contribution is 0.332. The van der Waals surface area contributed by atoms with Crippen molar-refractivity contribution in [1.82, 2.24) is 0 Å². The maximum atomic E-state index is 6.95. The topological polar surface area (TPSA) is 31.6 Å². The van der Waals surface area contributed by atoms with Crippen LogP contribution in [0.2, 0.25) is 0 Å². The summed E-state index contributed by atoms with van der Waals surface area (Å²) < 4.78 is 6.95. The predicted molar refractivity (Wildman–Crippen MR) is 306 cm³/mol. The van der Waals surface area contributed by atoms with Gasteiger partial charge in [0.25, 0.3) is 6.71 Å². The van der Waals surface area contributed by atoms with E-state index in [1.54, 1.807) is 0 Å². The monoisotopic (exact) mass is 934 g/mol. The van der Waals surface area contributed by atoms with E-state index < -0.39 is 0 Å². The molecule has 0 saturated heterocycles. The molecular weight excluding hydrogens is 862 g/mol. The number of furan rings is 1. The van der Waals surface area contributed by atoms with E-state index in [4.69, 9.17) is 4.42 Å². The zero-order valence-corrected chi connectivity index (χ0v) is 44.8. The molecule has 12 rings (SSSR count). The van der Waals surface area contributed by atoms with Crippen LogP contribution in [0.3, 0.4) is 0 Å². The lowest BCUT2D eigenvalue weighted by atomic mass is 9.33. The minimum atomic E-state index is -0.0563. The van der Waals surface area contributed by atoms with Crippen molar-refractivity contribution in [2.75, 3.05) is 22.2 Å². The van der Waals surface area contributed by atoms with Gasteiger partial charge in [0.05, 0.1) is 5.69 Å². The Bertz CT molecular complexity index is 3510. The van der Waals surface area contributed by atoms with Gasteiger partial charge in [-0.3, -0.25) is 0 Å². The van der Waals surface area contributed by atoms with E-state index in [2.05, 4.69) is 234 Å². The largest absolute Gasteiger partial charge is 0.456 e. The van der Waals surface area contributed by atoms with Crippen molar-refractivity contribution >= 4 is 84.9 Å². The van der Waals surface area contributed by atoms with Gasteiger partial charge in [0.15, 0.2) is 0 Å². The molecule has 0 atom stereocenters. The molecule has 0 fully saturated rings. The van der Waals surface area contributed by atoms with Crippen LogP contribution in [-0.2, 0) is 27.1 Å². The molecule has 0 bridgehead atoms. The first kappa shape index (κ1) is 45.9. The number of hydrogen-bond donors (Lipinski definition) is 1. The first-order valence-electron chi connectivity index (χ1n) is 26.6. The number of anilines is 7. The number of fused-ring (bicyclic) bond motifs is 9. The maximum absolute atomic E-state index is 6.95. The molecule has 0 unspecified atom stereocenters. The lowest BCUT2D eigenvalue weighted by Gasteiger charge is -2.48. The van der Waals surface area contributed by atoms with Crippen molar-refractivity contribution in [2.45, 2.75) is 149 Å². The summed E-state index contributed by atoms with van der Waals surface area (Å²) in [4.78, 5) is 5.27. The van der Waals surface area contributed by atoms with Gasteiger partial charge in [-0.05, 0) is 169 Å². The summed E-state index contributed by atoms with van der Waals surface area (Å²) in [5.41, 5.74) is 25.3. The van der Waals surface area contributed by atoms with E-state index in [0.29, 0.717) is 5.92 Å². The zero-order chi connectivity index (χ0) is 49.9. The predicted octanol–water partition coefficient (Wildman–Crippen LogP) is 16.5. The molecule has 1 aromatic heterocycles. The molecule has 3 heterocycles. The fourth-order valence-corrected chi connectivity index (χ4v) is 13.1. The minimum Gasteiger partial charge on any atom is -0.456 e. The van der Waals surface area contributed by atoms with Gasteiger partial charge in [0.2, 0.25) is 0 Å². The summed E-state index contributed by atoms with van der Waals surface area (Å²) in [5.74, 6) is 0.399. The smallest absolute Gasteiger partial charge is 0.252 e. The van der Waals surface area contributed by atoms with Crippen molar-refractivity contribution < 1.29 is 4.42 Å². The van der Waals surface area contributed by atoms with Crippen LogP contribution in [0.15, 0.2) is 126 Å². The van der Waals surface area contributed by atoms with Crippen LogP contribution >= 0.6 is 0 Å². The number of hydrogen-bond acceptors (Lipinski definition) is 4. The molecule has 4 nitrogen and oxygen atoms in total. The highest BCUT2D eigenvalue weighted by Crippen LogP contribution is 2.54. The third-order valence-electron chi connectivity index (χ3n) is 17.9. The standard InChI is InChI=1S/C66H72BN3O/c1-39(2)41-20-25-59-46(30-41)47-35-52-56(38-60(47)71-59)70(54-24-21-42(62(3,4)5)31-45(54)40-18-16-15-17-19-40)58-33-43(68-14)32-57-61(58)67(52)53-36-50-51(66(12,13)29-28-65(50,10)11)37-55(53)69(57)44-22-23-48-49(34-44)64(8,9)27-26-63(48,6)7/h15-25,30-39,68H,26-29H2,1-14H3. The average Bonchev–Trinajstić information content (AvgIpc) is 3.69. The summed E-state index contributed by atoms with van der Waals surface area (Å²) in [7, 11) is 2.08. The Morgan fingerprint density at radius 3 is 1.77 bits per heavy atom. The fourth-order valence-electron chi connectivity index (χ4n) is 13.1. The molecule has 4 aliphatic rings. The van der Waals surface area contributed by atoms with Crippen molar-refractivity contribution in [2.24, 2.45) is 0 Å². The maximum Gasteiger partial charge on any atom is 0.252 e. The molecular formula is C66H72BN3O. The van der Waals surface area contributed by atoms with E-state index in [9.17, 15) is 0 Å². The SMILES string of the molecule is CNc1cc2c3c(c1)N(c1ccc(C(C)(C)C)cc1-c1ccccc1)c1cc4oc5ccc(C(C)C)cc5c4cc1B3c1cc3c(cc1N2c1ccc2c(c1)C(C)(C)CCC2(C)C)C(C)(C)CCC3(C)C. The molecule has 2 aliphatic carbocycles. The molecule has 1 N–H and O–H groups in total. The molecule has 0 radical (unpaired) electrons. The highest BCUT2D eigenvalue weighted by Gasteiger charge is 2.48. The van der Waals surface area contributed by atoms with Gasteiger partial charge in [-0.25, -0.2) is 0 Å². The van der Waals surface area contributed by atoms with Gasteiger partial charge in [-0.2, -0.15) is 0 Å². The summed E-state index contributed by atoms with van der Waals surface area (Å²) in [6.07, 6.45) is 4.65. The number of rotatable bonds is 5. The van der Waals surface area contributed by atoms with E-state index >= 15 is 0 Å². The Morgan fingerprint density at radius 1 is 0.535 bits per heavy atom. The fraction of sp³-hybridized carbons (Fsp3) is 0.364. The molecule has 5 heteroatoms. The van der Waals surface area contributed by atoms with E-state index in [1.165, 1.54) is 101 Å². The Labute approximate surface area is 424 Å². The minimum absolute atomic E-state index is 0.0200. The molecule has 2 aliphatic heterocycles. The Balaban J connectivity index is 1.24. The third kappa shape index (κ3) is 6.98. The van der Waals surface area contributed by atoms with E-state index in [0.717, 1.165) is 47.5 Å². The first-order chi connectivity index (χ1) is 33.6. The zero-order valence-electron chi connectivity index (χ0n) is 44.8. The Hall–Kier alpha value is -6.20. The lowest BCUT2D eigenvalue weighted by Crippen LogP contribution is -2.62. The molecule has 0 spiro atoms. The van der Waals surface area contributed by atoms with Gasteiger partial charge < -0.3 is 19.5 Å². The van der Waals surface area contributed by atoms with Crippen LogP contribution in [0.4, 0.5) is 39.8 Å². The van der Waals surface area contributed by atoms with Gasteiger partial charge in [-0.1, -0.05) is 151 Å². The van der Waals surface area contributed by atoms with Gasteiger partial charge >= 0.3 is 0 Å². The van der Waals surface area contributed by atoms with Crippen LogP contribution in [0.25, 0.3) is 33.1 Å². The average molecular weight is 934 g/mol. The molecule has 0 saturated carbocycles. The molecule has 7 aromatic carbocycles. The number of nitrogens with zero attached hydrogens (tertiary/aromatic N) is 2. The second kappa shape index (κ2) is 15.4. The van der Waals surface area contributed by atoms with Crippen LogP contribution in [-0.4, -0.2) is 13.8 Å². The van der Waals surface area contributed by atoms with Crippen LogP contribution in [0.1, 0.15) is 155 Å². The highest BCUT2D eigenvalue weighted by atomic mass is 16.3. The van der Waals surface area contributed by atoms with Crippen LogP contribution in [0, 0.1) is 0 Å². The van der Waals surface area contributed by atoms with Crippen molar-refractivity contribution in [1.29, 1.82) is 0 Å². The summed E-state index contributed by atoms with van der Waals surface area (Å²) >= 11 is 0. The molecule has 0 amide bonds. The van der Waals surface area contributed by atoms with E-state index in [1.807, 2.05) is 0 Å². The number of benzene rings is 7. The summed E-state index contributed by atoms with van der Waals surface area (Å²) in [6, 6.07) is 47.6. The summed E-state index contributed by atoms with van der Waals surface area (Å²) in [6.45, 7) is 31.2. The summed E-state index contributed by atoms with van der Waals surface area (Å²) in [5, 5.41) is 6.05.